The maximum absolute atomic E-state index is 6.36. The fourth-order valence-electron chi connectivity index (χ4n) is 3.58. The highest BCUT2D eigenvalue weighted by Crippen LogP contribution is 2.37. The molecule has 4 nitrogen and oxygen atoms in total. The summed E-state index contributed by atoms with van der Waals surface area (Å²) in [5.74, 6) is 1.63. The zero-order valence-corrected chi connectivity index (χ0v) is 24.6. The third-order valence-electron chi connectivity index (χ3n) is 6.91. The normalized spacial score (nSPS) is 12.5. The molecule has 0 spiro atoms. The van der Waals surface area contributed by atoms with E-state index < -0.39 is 8.32 Å². The Bertz CT molecular complexity index is 1140. The van der Waals surface area contributed by atoms with Gasteiger partial charge in [0.1, 0.15) is 24.7 Å². The molecule has 0 aliphatic carbocycles. The van der Waals surface area contributed by atoms with Crippen LogP contribution in [0.4, 0.5) is 0 Å². The number of pyridine rings is 1. The quantitative estimate of drug-likeness (QED) is 0.216. The maximum atomic E-state index is 6.36. The molecule has 0 aliphatic rings. The third kappa shape index (κ3) is 7.44. The monoisotopic (exact) mass is 505 g/mol. The molecular weight excluding hydrogens is 462 g/mol. The van der Waals surface area contributed by atoms with Gasteiger partial charge in [-0.3, -0.25) is 4.98 Å². The van der Waals surface area contributed by atoms with Crippen LogP contribution in [-0.4, -0.2) is 26.5 Å². The second-order valence-corrected chi connectivity index (χ2v) is 16.8. The van der Waals surface area contributed by atoms with Crippen LogP contribution in [0.5, 0.6) is 11.5 Å². The Morgan fingerprint density at radius 2 is 1.50 bits per heavy atom. The van der Waals surface area contributed by atoms with Crippen molar-refractivity contribution in [2.24, 2.45) is 0 Å². The molecule has 0 fully saturated rings. The fraction of sp³-hybridized carbons (Fsp3) is 0.452. The highest BCUT2D eigenvalue weighted by Gasteiger charge is 2.24. The summed E-state index contributed by atoms with van der Waals surface area (Å²) in [6.45, 7) is 21.5. The van der Waals surface area contributed by atoms with E-state index in [-0.39, 0.29) is 10.5 Å². The predicted octanol–water partition coefficient (Wildman–Crippen LogP) is 8.33. The largest absolute Gasteiger partial charge is 0.562 e. The number of aryl methyl sites for hydroxylation is 1. The molecule has 0 bridgehead atoms. The molecule has 2 aromatic carbocycles. The van der Waals surface area contributed by atoms with Crippen molar-refractivity contribution in [3.63, 3.8) is 0 Å². The number of ether oxygens (including phenoxy) is 2. The molecule has 0 saturated carbocycles. The van der Waals surface area contributed by atoms with Crippen molar-refractivity contribution >= 4 is 8.32 Å². The van der Waals surface area contributed by atoms with Gasteiger partial charge in [0.2, 0.25) is 0 Å². The number of hydrogen-bond donors (Lipinski definition) is 0. The van der Waals surface area contributed by atoms with Crippen molar-refractivity contribution in [2.45, 2.75) is 78.6 Å². The molecule has 3 aromatic rings. The molecule has 0 amide bonds. The molecule has 1 aromatic heterocycles. The maximum Gasteiger partial charge on any atom is 0.129 e. The Morgan fingerprint density at radius 1 is 0.806 bits per heavy atom. The van der Waals surface area contributed by atoms with Crippen molar-refractivity contribution in [1.29, 1.82) is 0 Å². The van der Waals surface area contributed by atoms with Crippen LogP contribution in [0.3, 0.4) is 0 Å². The second kappa shape index (κ2) is 11.2. The lowest BCUT2D eigenvalue weighted by molar-refractivity contribution is 0.204. The number of nitrogens with zero attached hydrogens (tertiary/aromatic N) is 1. The molecule has 36 heavy (non-hydrogen) atoms. The van der Waals surface area contributed by atoms with Gasteiger partial charge in [-0.05, 0) is 43.9 Å². The first kappa shape index (κ1) is 27.9. The van der Waals surface area contributed by atoms with Gasteiger partial charge in [-0.15, -0.1) is 18.1 Å². The van der Waals surface area contributed by atoms with E-state index in [0.717, 1.165) is 34.0 Å². The summed E-state index contributed by atoms with van der Waals surface area (Å²) < 4.78 is 18.8. The van der Waals surface area contributed by atoms with Crippen LogP contribution in [-0.2, 0) is 16.4 Å². The van der Waals surface area contributed by atoms with E-state index in [1.54, 1.807) is 0 Å². The SMILES string of the molecule is Cc1cc(OCc2ccccc2)cc(-c2ccc(C(C)(C)C)cc2OCCO[Si-](C)(C)C(C)(C)C)n1. The van der Waals surface area contributed by atoms with E-state index >= 15 is 0 Å². The van der Waals surface area contributed by atoms with Crippen molar-refractivity contribution in [1.82, 2.24) is 4.98 Å². The summed E-state index contributed by atoms with van der Waals surface area (Å²) in [7, 11) is -1.82. The number of benzene rings is 2. The van der Waals surface area contributed by atoms with Gasteiger partial charge in [0.05, 0.1) is 5.69 Å². The number of rotatable bonds is 9. The number of aromatic nitrogens is 1. The van der Waals surface area contributed by atoms with Gasteiger partial charge in [0.15, 0.2) is 0 Å². The fourth-order valence-corrected chi connectivity index (χ4v) is 4.61. The van der Waals surface area contributed by atoms with Crippen LogP contribution in [0.15, 0.2) is 60.7 Å². The van der Waals surface area contributed by atoms with Gasteiger partial charge in [-0.2, -0.15) is 0 Å². The Kier molecular flexibility index (Phi) is 8.68. The van der Waals surface area contributed by atoms with E-state index in [1.165, 1.54) is 5.56 Å². The molecule has 1 heterocycles. The van der Waals surface area contributed by atoms with Crippen LogP contribution in [0.2, 0.25) is 18.1 Å². The van der Waals surface area contributed by atoms with Gasteiger partial charge >= 0.3 is 0 Å². The highest BCUT2D eigenvalue weighted by atomic mass is 28.4. The molecule has 0 N–H and O–H groups in total. The zero-order valence-electron chi connectivity index (χ0n) is 23.6. The number of hydrogen-bond acceptors (Lipinski definition) is 4. The lowest BCUT2D eigenvalue weighted by Crippen LogP contribution is -2.41. The summed E-state index contributed by atoms with van der Waals surface area (Å²) in [5, 5.41) is 0.173. The molecule has 5 heteroatoms. The summed E-state index contributed by atoms with van der Waals surface area (Å²) in [4.78, 5) is 4.83. The molecule has 3 rings (SSSR count). The van der Waals surface area contributed by atoms with Crippen molar-refractivity contribution < 1.29 is 13.9 Å². The Balaban J connectivity index is 1.84. The Morgan fingerprint density at radius 3 is 2.14 bits per heavy atom. The van der Waals surface area contributed by atoms with Crippen LogP contribution in [0, 0.1) is 6.92 Å². The van der Waals surface area contributed by atoms with E-state index in [2.05, 4.69) is 85.0 Å². The Labute approximate surface area is 219 Å². The van der Waals surface area contributed by atoms with Crippen LogP contribution >= 0.6 is 0 Å². The summed E-state index contributed by atoms with van der Waals surface area (Å²) >= 11 is 0. The molecule has 0 radical (unpaired) electrons. The van der Waals surface area contributed by atoms with Crippen molar-refractivity contribution in [3.8, 4) is 22.8 Å². The van der Waals surface area contributed by atoms with Gasteiger partial charge < -0.3 is 13.9 Å². The highest BCUT2D eigenvalue weighted by molar-refractivity contribution is 6.74. The molecule has 0 aliphatic heterocycles. The first-order valence-corrected chi connectivity index (χ1v) is 15.7. The lowest BCUT2D eigenvalue weighted by Gasteiger charge is -2.48. The predicted molar refractivity (Wildman–Crippen MR) is 153 cm³/mol. The standard InChI is InChI=1S/C31H43NO3Si/c1-23-19-26(34-22-24-13-11-10-12-14-24)21-28(32-23)27-16-15-25(30(2,3)4)20-29(27)33-17-18-35-36(8,9)31(5,6)7/h10-16,19-21H,17-18,22H2,1-9H3/q-1. The molecule has 0 atom stereocenters. The van der Waals surface area contributed by atoms with Gasteiger partial charge in [0.25, 0.3) is 0 Å². The van der Waals surface area contributed by atoms with E-state index in [9.17, 15) is 0 Å². The minimum absolute atomic E-state index is 0.0122. The Hall–Kier alpha value is -2.63. The topological polar surface area (TPSA) is 40.6 Å². The van der Waals surface area contributed by atoms with E-state index in [1.807, 2.05) is 37.3 Å². The average Bonchev–Trinajstić information content (AvgIpc) is 2.79. The molecule has 0 saturated heterocycles. The molecule has 0 unspecified atom stereocenters. The summed E-state index contributed by atoms with van der Waals surface area (Å²) in [5.41, 5.74) is 5.08. The lowest BCUT2D eigenvalue weighted by atomic mass is 9.86. The van der Waals surface area contributed by atoms with Crippen LogP contribution in [0.25, 0.3) is 11.3 Å². The first-order valence-electron chi connectivity index (χ1n) is 12.8. The van der Waals surface area contributed by atoms with E-state index in [4.69, 9.17) is 18.9 Å². The van der Waals surface area contributed by atoms with Crippen LogP contribution < -0.4 is 9.47 Å². The average molecular weight is 506 g/mol. The minimum Gasteiger partial charge on any atom is -0.562 e. The zero-order chi connectivity index (χ0) is 26.6. The minimum atomic E-state index is -1.82. The first-order chi connectivity index (χ1) is 16.8. The van der Waals surface area contributed by atoms with Gasteiger partial charge in [0, 0.05) is 30.0 Å². The van der Waals surface area contributed by atoms with E-state index in [0.29, 0.717) is 19.8 Å². The third-order valence-corrected chi connectivity index (χ3v) is 11.4. The van der Waals surface area contributed by atoms with Crippen molar-refractivity contribution in [2.75, 3.05) is 13.2 Å². The summed E-state index contributed by atoms with van der Waals surface area (Å²) in [6, 6.07) is 20.6. The van der Waals surface area contributed by atoms with Crippen LogP contribution in [0.1, 0.15) is 58.4 Å². The smallest absolute Gasteiger partial charge is 0.129 e. The summed E-state index contributed by atoms with van der Waals surface area (Å²) in [6.07, 6.45) is 0. The van der Waals surface area contributed by atoms with Gasteiger partial charge in [-0.1, -0.05) is 77.9 Å². The molecule has 195 valence electrons. The second-order valence-electron chi connectivity index (χ2n) is 12.0. The molecular formula is C31H43NO3Si-. The van der Waals surface area contributed by atoms with Crippen molar-refractivity contribution in [3.05, 3.63) is 77.5 Å². The van der Waals surface area contributed by atoms with Gasteiger partial charge in [-0.25, -0.2) is 0 Å².